The minimum Gasteiger partial charge on any atom is -0.457 e. The van der Waals surface area contributed by atoms with Gasteiger partial charge in [-0.3, -0.25) is 9.78 Å². The molecule has 0 fully saturated rings. The minimum atomic E-state index is -0.0228. The third kappa shape index (κ3) is 6.44. The number of amides is 1. The van der Waals surface area contributed by atoms with Crippen LogP contribution < -0.4 is 10.1 Å². The summed E-state index contributed by atoms with van der Waals surface area (Å²) in [6.07, 6.45) is 3.33. The number of likely N-dealkylation sites (N-methyl/N-ethyl adjacent to an activating group) is 2. The average Bonchev–Trinajstić information content (AvgIpc) is 2.53. The number of hydrogen-bond acceptors (Lipinski definition) is 4. The number of ether oxygens (including phenoxy) is 1. The van der Waals surface area contributed by atoms with E-state index in [1.165, 1.54) is 0 Å². The Hall–Kier alpha value is -1.82. The first-order valence-corrected chi connectivity index (χ1v) is 6.78. The van der Waals surface area contributed by atoms with Crippen molar-refractivity contribution in [1.29, 1.82) is 0 Å². The summed E-state index contributed by atoms with van der Waals surface area (Å²) in [5, 5.41) is 3.02. The van der Waals surface area contributed by atoms with Gasteiger partial charge in [-0.15, -0.1) is 24.8 Å². The van der Waals surface area contributed by atoms with E-state index < -0.39 is 0 Å². The highest BCUT2D eigenvalue weighted by atomic mass is 35.5. The highest BCUT2D eigenvalue weighted by Crippen LogP contribution is 2.21. The topological polar surface area (TPSA) is 54.5 Å². The number of carbonyl (C=O) groups excluding carboxylic acids is 1. The third-order valence-electron chi connectivity index (χ3n) is 3.01. The van der Waals surface area contributed by atoms with E-state index in [-0.39, 0.29) is 30.7 Å². The number of aromatic nitrogens is 1. The molecule has 1 aromatic carbocycles. The van der Waals surface area contributed by atoms with Crippen LogP contribution in [0.25, 0.3) is 0 Å². The second-order valence-electron chi connectivity index (χ2n) is 4.64. The van der Waals surface area contributed by atoms with Gasteiger partial charge in [0.05, 0.1) is 0 Å². The van der Waals surface area contributed by atoms with E-state index in [2.05, 4.69) is 10.3 Å². The molecular formula is C16H21Cl2N3O2. The molecule has 5 nitrogen and oxygen atoms in total. The van der Waals surface area contributed by atoms with Gasteiger partial charge in [-0.1, -0.05) is 6.07 Å². The molecule has 0 bridgehead atoms. The Morgan fingerprint density at radius 2 is 1.87 bits per heavy atom. The second-order valence-corrected chi connectivity index (χ2v) is 4.64. The first kappa shape index (κ1) is 21.2. The summed E-state index contributed by atoms with van der Waals surface area (Å²) in [6.45, 7) is 1.42. The molecule has 0 saturated carbocycles. The maximum atomic E-state index is 12.3. The Balaban J connectivity index is 0.00000242. The Kier molecular flexibility index (Phi) is 9.97. The molecule has 1 amide bonds. The molecule has 2 rings (SSSR count). The van der Waals surface area contributed by atoms with Crippen LogP contribution in [0.1, 0.15) is 10.4 Å². The predicted octanol–water partition coefficient (Wildman–Crippen LogP) is 3.01. The number of rotatable bonds is 6. The maximum Gasteiger partial charge on any atom is 0.253 e. The van der Waals surface area contributed by atoms with Crippen LogP contribution in [0.4, 0.5) is 0 Å². The van der Waals surface area contributed by atoms with Gasteiger partial charge in [0.25, 0.3) is 5.91 Å². The molecule has 0 aliphatic heterocycles. The van der Waals surface area contributed by atoms with Gasteiger partial charge >= 0.3 is 0 Å². The fourth-order valence-electron chi connectivity index (χ4n) is 1.84. The fraction of sp³-hybridized carbons (Fsp3) is 0.250. The molecule has 0 aliphatic carbocycles. The molecule has 0 aliphatic rings. The number of halogens is 2. The standard InChI is InChI=1S/C16H19N3O2.2ClH/c1-17-10-11-19(2)16(20)13-4-3-5-15(12-13)21-14-6-8-18-9-7-14;;/h3-9,12,17H,10-11H2,1-2H3;2*1H. The number of pyridine rings is 1. The van der Waals surface area contributed by atoms with Gasteiger partial charge in [0.15, 0.2) is 0 Å². The Morgan fingerprint density at radius 1 is 1.17 bits per heavy atom. The minimum absolute atomic E-state index is 0. The van der Waals surface area contributed by atoms with Gasteiger partial charge in [-0.25, -0.2) is 0 Å². The molecule has 7 heteroatoms. The van der Waals surface area contributed by atoms with Crippen molar-refractivity contribution in [2.75, 3.05) is 27.2 Å². The highest BCUT2D eigenvalue weighted by Gasteiger charge is 2.12. The number of carbonyl (C=O) groups is 1. The summed E-state index contributed by atoms with van der Waals surface area (Å²) >= 11 is 0. The Bertz CT molecular complexity index is 597. The van der Waals surface area contributed by atoms with Crippen molar-refractivity contribution in [1.82, 2.24) is 15.2 Å². The van der Waals surface area contributed by atoms with Crippen LogP contribution in [0.2, 0.25) is 0 Å². The number of hydrogen-bond donors (Lipinski definition) is 1. The van der Waals surface area contributed by atoms with E-state index in [0.717, 1.165) is 6.54 Å². The molecule has 1 N–H and O–H groups in total. The molecule has 0 saturated heterocycles. The van der Waals surface area contributed by atoms with E-state index in [1.54, 1.807) is 48.6 Å². The van der Waals surface area contributed by atoms with Crippen molar-refractivity contribution in [2.45, 2.75) is 0 Å². The van der Waals surface area contributed by atoms with Crippen molar-refractivity contribution in [2.24, 2.45) is 0 Å². The first-order valence-electron chi connectivity index (χ1n) is 6.78. The van der Waals surface area contributed by atoms with Gasteiger partial charge in [0.2, 0.25) is 0 Å². The van der Waals surface area contributed by atoms with E-state index in [4.69, 9.17) is 4.74 Å². The van der Waals surface area contributed by atoms with Gasteiger partial charge in [-0.05, 0) is 37.4 Å². The van der Waals surface area contributed by atoms with Crippen LogP contribution in [0, 0.1) is 0 Å². The molecule has 23 heavy (non-hydrogen) atoms. The summed E-state index contributed by atoms with van der Waals surface area (Å²) in [5.41, 5.74) is 0.611. The third-order valence-corrected chi connectivity index (χ3v) is 3.01. The number of benzene rings is 1. The van der Waals surface area contributed by atoms with Crippen molar-refractivity contribution < 1.29 is 9.53 Å². The van der Waals surface area contributed by atoms with Crippen molar-refractivity contribution in [3.8, 4) is 11.5 Å². The number of nitrogens with one attached hydrogen (secondary N) is 1. The van der Waals surface area contributed by atoms with Gasteiger partial charge in [0.1, 0.15) is 11.5 Å². The summed E-state index contributed by atoms with van der Waals surface area (Å²) in [5.74, 6) is 1.30. The normalized spacial score (nSPS) is 9.30. The maximum absolute atomic E-state index is 12.3. The first-order chi connectivity index (χ1) is 10.2. The van der Waals surface area contributed by atoms with Crippen LogP contribution in [-0.4, -0.2) is 43.0 Å². The van der Waals surface area contributed by atoms with E-state index in [9.17, 15) is 4.79 Å². The van der Waals surface area contributed by atoms with Crippen molar-refractivity contribution in [3.05, 3.63) is 54.4 Å². The predicted molar refractivity (Wildman–Crippen MR) is 96.1 cm³/mol. The zero-order chi connectivity index (χ0) is 15.1. The van der Waals surface area contributed by atoms with Gasteiger partial charge < -0.3 is 15.0 Å². The summed E-state index contributed by atoms with van der Waals surface area (Å²) in [7, 11) is 3.65. The fourth-order valence-corrected chi connectivity index (χ4v) is 1.84. The monoisotopic (exact) mass is 357 g/mol. The molecule has 0 unspecified atom stereocenters. The lowest BCUT2D eigenvalue weighted by atomic mass is 10.2. The zero-order valence-corrected chi connectivity index (χ0v) is 14.7. The van der Waals surface area contributed by atoms with Gasteiger partial charge in [0, 0.05) is 38.1 Å². The lowest BCUT2D eigenvalue weighted by Gasteiger charge is -2.17. The number of nitrogens with zero attached hydrogens (tertiary/aromatic N) is 2. The summed E-state index contributed by atoms with van der Waals surface area (Å²) < 4.78 is 5.71. The van der Waals surface area contributed by atoms with E-state index in [1.807, 2.05) is 19.2 Å². The lowest BCUT2D eigenvalue weighted by Crippen LogP contribution is -2.32. The Morgan fingerprint density at radius 3 is 2.52 bits per heavy atom. The molecular weight excluding hydrogens is 337 g/mol. The van der Waals surface area contributed by atoms with Crippen LogP contribution in [-0.2, 0) is 0 Å². The van der Waals surface area contributed by atoms with E-state index in [0.29, 0.717) is 23.6 Å². The smallest absolute Gasteiger partial charge is 0.253 e. The highest BCUT2D eigenvalue weighted by molar-refractivity contribution is 5.94. The van der Waals surface area contributed by atoms with Crippen LogP contribution in [0.15, 0.2) is 48.8 Å². The average molecular weight is 358 g/mol. The van der Waals surface area contributed by atoms with Crippen molar-refractivity contribution >= 4 is 30.7 Å². The summed E-state index contributed by atoms with van der Waals surface area (Å²) in [6, 6.07) is 10.7. The largest absolute Gasteiger partial charge is 0.457 e. The van der Waals surface area contributed by atoms with Crippen LogP contribution in [0.5, 0.6) is 11.5 Å². The van der Waals surface area contributed by atoms with Gasteiger partial charge in [-0.2, -0.15) is 0 Å². The molecule has 1 heterocycles. The van der Waals surface area contributed by atoms with Crippen LogP contribution in [0.3, 0.4) is 0 Å². The SMILES string of the molecule is CNCCN(C)C(=O)c1cccc(Oc2ccncc2)c1.Cl.Cl. The second kappa shape index (κ2) is 10.8. The van der Waals surface area contributed by atoms with Crippen molar-refractivity contribution in [3.63, 3.8) is 0 Å². The molecule has 0 spiro atoms. The molecule has 0 atom stereocenters. The molecule has 126 valence electrons. The molecule has 0 radical (unpaired) electrons. The van der Waals surface area contributed by atoms with E-state index >= 15 is 0 Å². The quantitative estimate of drug-likeness (QED) is 0.863. The van der Waals surface area contributed by atoms with Crippen LogP contribution >= 0.6 is 24.8 Å². The molecule has 2 aromatic rings. The zero-order valence-electron chi connectivity index (χ0n) is 13.1. The lowest BCUT2D eigenvalue weighted by molar-refractivity contribution is 0.0796. The summed E-state index contributed by atoms with van der Waals surface area (Å²) in [4.78, 5) is 17.9. The Labute approximate surface area is 148 Å². The molecule has 1 aromatic heterocycles.